The Labute approximate surface area is 235 Å². The predicted octanol–water partition coefficient (Wildman–Crippen LogP) is 6.51. The number of aromatic amines is 1. The number of carbonyl (C=O) groups is 2. The predicted molar refractivity (Wildman–Crippen MR) is 158 cm³/mol. The number of rotatable bonds is 8. The second kappa shape index (κ2) is 9.92. The summed E-state index contributed by atoms with van der Waals surface area (Å²) in [6.07, 6.45) is 3.84. The molecule has 1 aliphatic heterocycles. The Morgan fingerprint density at radius 1 is 1.08 bits per heavy atom. The van der Waals surface area contributed by atoms with E-state index in [1.54, 1.807) is 7.11 Å². The van der Waals surface area contributed by atoms with Gasteiger partial charge in [-0.15, -0.1) is 0 Å². The molecule has 2 heterocycles. The van der Waals surface area contributed by atoms with E-state index in [-0.39, 0.29) is 29.2 Å². The van der Waals surface area contributed by atoms with Gasteiger partial charge in [-0.1, -0.05) is 32.0 Å². The van der Waals surface area contributed by atoms with Crippen LogP contribution in [0.3, 0.4) is 0 Å². The molecule has 3 fully saturated rings. The highest BCUT2D eigenvalue weighted by molar-refractivity contribution is 7.99. The number of H-pyrrole nitrogens is 1. The Balaban J connectivity index is 1.27. The van der Waals surface area contributed by atoms with Crippen LogP contribution in [0, 0.1) is 18.3 Å². The van der Waals surface area contributed by atoms with Gasteiger partial charge in [-0.05, 0) is 97.3 Å². The van der Waals surface area contributed by atoms with E-state index in [1.165, 1.54) is 16.6 Å². The summed E-state index contributed by atoms with van der Waals surface area (Å²) in [6.45, 7) is 6.74. The van der Waals surface area contributed by atoms with Crippen LogP contribution in [-0.2, 0) is 9.59 Å². The van der Waals surface area contributed by atoms with Gasteiger partial charge in [0, 0.05) is 34.7 Å². The molecule has 39 heavy (non-hydrogen) atoms. The molecular formula is C32H39N3O3S. The quantitative estimate of drug-likeness (QED) is 0.338. The number of nitrogens with zero attached hydrogens (tertiary/aromatic N) is 1. The number of hydrogen-bond donors (Lipinski definition) is 2. The average molecular weight is 546 g/mol. The molecule has 2 saturated carbocycles. The van der Waals surface area contributed by atoms with E-state index < -0.39 is 5.54 Å². The van der Waals surface area contributed by atoms with E-state index in [0.717, 1.165) is 41.3 Å². The van der Waals surface area contributed by atoms with Gasteiger partial charge in [0.1, 0.15) is 11.3 Å². The van der Waals surface area contributed by atoms with Crippen LogP contribution in [0.2, 0.25) is 0 Å². The van der Waals surface area contributed by atoms with Crippen molar-refractivity contribution in [1.29, 1.82) is 0 Å². The highest BCUT2D eigenvalue weighted by Crippen LogP contribution is 2.67. The molecule has 6 rings (SSSR count). The summed E-state index contributed by atoms with van der Waals surface area (Å²) >= 11 is 1.88. The summed E-state index contributed by atoms with van der Waals surface area (Å²) in [5.41, 5.74) is 3.68. The summed E-state index contributed by atoms with van der Waals surface area (Å²) in [7, 11) is 1.63. The summed E-state index contributed by atoms with van der Waals surface area (Å²) < 4.78 is 5.28. The number of methoxy groups -OCH3 is 1. The third kappa shape index (κ3) is 4.62. The van der Waals surface area contributed by atoms with E-state index >= 15 is 0 Å². The molecule has 2 aliphatic carbocycles. The number of fused-ring (bicyclic) bond motifs is 1. The lowest BCUT2D eigenvalue weighted by molar-refractivity contribution is -0.147. The van der Waals surface area contributed by atoms with E-state index in [1.807, 2.05) is 40.9 Å². The number of anilines is 1. The number of para-hydroxylation sites is 1. The summed E-state index contributed by atoms with van der Waals surface area (Å²) in [6, 6.07) is 16.1. The maximum Gasteiger partial charge on any atom is 0.250 e. The van der Waals surface area contributed by atoms with Gasteiger partial charge >= 0.3 is 0 Å². The molecule has 0 unspecified atom stereocenters. The first-order valence-corrected chi connectivity index (χ1v) is 15.3. The zero-order chi connectivity index (χ0) is 27.4. The van der Waals surface area contributed by atoms with Crippen LogP contribution in [0.4, 0.5) is 5.69 Å². The standard InChI is InChI=1S/C32H39N3O3S/c1-20-28(24-7-5-6-8-26(24)33-20)29-25(31(29,2)3)19-27(36)35(22-11-12-22)32(15-17-39-18-16-32)30(37)34-21-9-13-23(38-4)14-10-21/h5-10,13-14,22,25,29,33H,11-12,15-19H2,1-4H3,(H,34,37)/t25-,29-/m0/s1. The van der Waals surface area contributed by atoms with Crippen molar-refractivity contribution < 1.29 is 14.3 Å². The van der Waals surface area contributed by atoms with Crippen molar-refractivity contribution in [3.8, 4) is 5.75 Å². The monoisotopic (exact) mass is 545 g/mol. The fourth-order valence-electron chi connectivity index (χ4n) is 7.02. The number of aromatic nitrogens is 1. The minimum absolute atomic E-state index is 0.0293. The fourth-order valence-corrected chi connectivity index (χ4v) is 8.18. The third-order valence-corrected chi connectivity index (χ3v) is 10.4. The zero-order valence-corrected chi connectivity index (χ0v) is 24.2. The van der Waals surface area contributed by atoms with Crippen LogP contribution < -0.4 is 10.1 Å². The van der Waals surface area contributed by atoms with Crippen LogP contribution >= 0.6 is 11.8 Å². The Morgan fingerprint density at radius 2 is 1.77 bits per heavy atom. The molecule has 1 saturated heterocycles. The lowest BCUT2D eigenvalue weighted by atomic mass is 9.87. The fraction of sp³-hybridized carbons (Fsp3) is 0.500. The number of hydrogen-bond acceptors (Lipinski definition) is 4. The van der Waals surface area contributed by atoms with Gasteiger partial charge in [0.15, 0.2) is 0 Å². The number of benzene rings is 2. The molecular weight excluding hydrogens is 506 g/mol. The second-order valence-electron chi connectivity index (χ2n) is 12.1. The molecule has 7 heteroatoms. The molecule has 3 aromatic rings. The molecule has 206 valence electrons. The molecule has 2 atom stereocenters. The number of nitrogens with one attached hydrogen (secondary N) is 2. The number of carbonyl (C=O) groups excluding carboxylic acids is 2. The first-order valence-electron chi connectivity index (χ1n) is 14.2. The van der Waals surface area contributed by atoms with Gasteiger partial charge in [0.05, 0.1) is 7.11 Å². The Morgan fingerprint density at radius 3 is 2.44 bits per heavy atom. The normalized spacial score (nSPS) is 23.3. The van der Waals surface area contributed by atoms with Gasteiger partial charge in [-0.3, -0.25) is 9.59 Å². The molecule has 6 nitrogen and oxygen atoms in total. The van der Waals surface area contributed by atoms with Crippen molar-refractivity contribution in [2.24, 2.45) is 11.3 Å². The minimum Gasteiger partial charge on any atom is -0.497 e. The Hall–Kier alpha value is -2.93. The molecule has 3 aliphatic rings. The molecule has 1 aromatic heterocycles. The van der Waals surface area contributed by atoms with Crippen molar-refractivity contribution in [2.75, 3.05) is 23.9 Å². The van der Waals surface area contributed by atoms with Crippen LogP contribution in [-0.4, -0.2) is 51.9 Å². The van der Waals surface area contributed by atoms with Gasteiger partial charge < -0.3 is 19.9 Å². The van der Waals surface area contributed by atoms with Crippen LogP contribution in [0.1, 0.15) is 63.1 Å². The smallest absolute Gasteiger partial charge is 0.250 e. The topological polar surface area (TPSA) is 74.4 Å². The largest absolute Gasteiger partial charge is 0.497 e. The number of aryl methyl sites for hydroxylation is 1. The lowest BCUT2D eigenvalue weighted by Gasteiger charge is -2.45. The van der Waals surface area contributed by atoms with Crippen molar-refractivity contribution >= 4 is 40.2 Å². The van der Waals surface area contributed by atoms with Gasteiger partial charge in [0.2, 0.25) is 11.8 Å². The maximum absolute atomic E-state index is 14.3. The maximum atomic E-state index is 14.3. The van der Waals surface area contributed by atoms with Crippen molar-refractivity contribution in [1.82, 2.24) is 9.88 Å². The number of thioether (sulfide) groups is 1. The Kier molecular flexibility index (Phi) is 6.69. The Bertz CT molecular complexity index is 1390. The average Bonchev–Trinajstić information content (AvgIpc) is 3.82. The summed E-state index contributed by atoms with van der Waals surface area (Å²) in [4.78, 5) is 33.9. The van der Waals surface area contributed by atoms with Crippen molar-refractivity contribution in [2.45, 2.75) is 70.4 Å². The second-order valence-corrected chi connectivity index (χ2v) is 13.4. The van der Waals surface area contributed by atoms with E-state index in [4.69, 9.17) is 4.74 Å². The minimum atomic E-state index is -0.797. The SMILES string of the molecule is COc1ccc(NC(=O)C2(N(C(=O)C[C@H]3[C@@H](c4c(C)[nH]c5ccccc45)C3(C)C)C3CC3)CCSCC2)cc1. The first-order chi connectivity index (χ1) is 18.8. The number of ether oxygens (including phenoxy) is 1. The van der Waals surface area contributed by atoms with E-state index in [2.05, 4.69) is 55.3 Å². The van der Waals surface area contributed by atoms with Crippen LogP contribution in [0.15, 0.2) is 48.5 Å². The zero-order valence-electron chi connectivity index (χ0n) is 23.4. The van der Waals surface area contributed by atoms with Gasteiger partial charge in [-0.25, -0.2) is 0 Å². The van der Waals surface area contributed by atoms with Crippen molar-refractivity contribution in [3.05, 3.63) is 59.8 Å². The van der Waals surface area contributed by atoms with Gasteiger partial charge in [-0.2, -0.15) is 11.8 Å². The highest BCUT2D eigenvalue weighted by atomic mass is 32.2. The highest BCUT2D eigenvalue weighted by Gasteiger charge is 2.61. The van der Waals surface area contributed by atoms with E-state index in [0.29, 0.717) is 25.2 Å². The first kappa shape index (κ1) is 26.3. The number of amides is 2. The van der Waals surface area contributed by atoms with Gasteiger partial charge in [0.25, 0.3) is 0 Å². The van der Waals surface area contributed by atoms with Crippen LogP contribution in [0.5, 0.6) is 5.75 Å². The molecule has 2 aromatic carbocycles. The molecule has 2 N–H and O–H groups in total. The molecule has 0 spiro atoms. The lowest BCUT2D eigenvalue weighted by Crippen LogP contribution is -2.61. The third-order valence-electron chi connectivity index (χ3n) is 9.43. The van der Waals surface area contributed by atoms with Crippen molar-refractivity contribution in [3.63, 3.8) is 0 Å². The van der Waals surface area contributed by atoms with E-state index in [9.17, 15) is 9.59 Å². The molecule has 0 radical (unpaired) electrons. The molecule has 0 bridgehead atoms. The van der Waals surface area contributed by atoms with Crippen LogP contribution in [0.25, 0.3) is 10.9 Å². The molecule has 2 amide bonds. The summed E-state index contributed by atoms with van der Waals surface area (Å²) in [5.74, 6) is 3.20. The summed E-state index contributed by atoms with van der Waals surface area (Å²) in [5, 5.41) is 4.43.